The SMILES string of the molecule is Cn1c(=O)[nH]c2c(N3CCC[C@@H](NC(=O)OC(C)(C)C)C3)cc(C3CC3)nc21. The number of aromatic nitrogens is 3. The molecular formula is C20H29N5O3. The smallest absolute Gasteiger partial charge is 0.407 e. The monoisotopic (exact) mass is 387 g/mol. The van der Waals surface area contributed by atoms with Gasteiger partial charge in [-0.1, -0.05) is 0 Å². The summed E-state index contributed by atoms with van der Waals surface area (Å²) in [7, 11) is 1.75. The van der Waals surface area contributed by atoms with Gasteiger partial charge < -0.3 is 19.9 Å². The maximum Gasteiger partial charge on any atom is 0.407 e. The normalized spacial score (nSPS) is 20.4. The van der Waals surface area contributed by atoms with Crippen molar-refractivity contribution < 1.29 is 9.53 Å². The maximum absolute atomic E-state index is 12.2. The minimum atomic E-state index is -0.515. The molecule has 1 saturated carbocycles. The van der Waals surface area contributed by atoms with E-state index in [4.69, 9.17) is 9.72 Å². The van der Waals surface area contributed by atoms with E-state index >= 15 is 0 Å². The second-order valence-corrected chi connectivity index (χ2v) is 8.96. The quantitative estimate of drug-likeness (QED) is 0.845. The van der Waals surface area contributed by atoms with Gasteiger partial charge in [-0.3, -0.25) is 4.57 Å². The zero-order valence-corrected chi connectivity index (χ0v) is 17.0. The van der Waals surface area contributed by atoms with Crippen molar-refractivity contribution in [3.63, 3.8) is 0 Å². The van der Waals surface area contributed by atoms with E-state index in [1.807, 2.05) is 20.8 Å². The maximum atomic E-state index is 12.2. The molecule has 0 unspecified atom stereocenters. The molecule has 28 heavy (non-hydrogen) atoms. The van der Waals surface area contributed by atoms with Crippen LogP contribution in [0.3, 0.4) is 0 Å². The van der Waals surface area contributed by atoms with Gasteiger partial charge in [0.25, 0.3) is 0 Å². The number of amides is 1. The Kier molecular flexibility index (Phi) is 4.59. The van der Waals surface area contributed by atoms with Gasteiger partial charge in [0.15, 0.2) is 5.65 Å². The predicted molar refractivity (Wildman–Crippen MR) is 108 cm³/mol. The number of carbonyl (C=O) groups is 1. The van der Waals surface area contributed by atoms with Crippen molar-refractivity contribution >= 4 is 22.9 Å². The Balaban J connectivity index is 1.59. The highest BCUT2D eigenvalue weighted by atomic mass is 16.6. The Labute approximate surface area is 164 Å². The van der Waals surface area contributed by atoms with Crippen LogP contribution in [-0.4, -0.2) is 45.4 Å². The molecule has 2 N–H and O–H groups in total. The van der Waals surface area contributed by atoms with Crippen molar-refractivity contribution in [3.8, 4) is 0 Å². The number of ether oxygens (including phenoxy) is 1. The van der Waals surface area contributed by atoms with E-state index in [9.17, 15) is 9.59 Å². The standard InChI is InChI=1S/C20H29N5O3/c1-20(2,3)28-19(27)21-13-6-5-9-25(11-13)15-10-14(12-7-8-12)22-17-16(15)23-18(26)24(17)4/h10,12-13H,5-9,11H2,1-4H3,(H,21,27)(H,23,26)/t13-/m1/s1. The Morgan fingerprint density at radius 2 is 2.07 bits per heavy atom. The number of nitrogens with zero attached hydrogens (tertiary/aromatic N) is 3. The van der Waals surface area contributed by atoms with Crippen LogP contribution in [0, 0.1) is 0 Å². The summed E-state index contributed by atoms with van der Waals surface area (Å²) >= 11 is 0. The predicted octanol–water partition coefficient (Wildman–Crippen LogP) is 2.63. The number of piperidine rings is 1. The Morgan fingerprint density at radius 1 is 1.32 bits per heavy atom. The summed E-state index contributed by atoms with van der Waals surface area (Å²) < 4.78 is 6.97. The third-order valence-electron chi connectivity index (χ3n) is 5.33. The molecule has 3 heterocycles. The molecule has 0 aromatic carbocycles. The Bertz CT molecular complexity index is 951. The molecule has 4 rings (SSSR count). The van der Waals surface area contributed by atoms with E-state index in [-0.39, 0.29) is 17.8 Å². The molecule has 1 aliphatic heterocycles. The number of nitrogens with one attached hydrogen (secondary N) is 2. The van der Waals surface area contributed by atoms with E-state index < -0.39 is 5.60 Å². The number of pyridine rings is 1. The lowest BCUT2D eigenvalue weighted by Crippen LogP contribution is -2.49. The summed E-state index contributed by atoms with van der Waals surface area (Å²) in [6.45, 7) is 7.14. The molecule has 2 aromatic heterocycles. The second kappa shape index (κ2) is 6.83. The second-order valence-electron chi connectivity index (χ2n) is 8.96. The molecular weight excluding hydrogens is 358 g/mol. The molecule has 1 aliphatic carbocycles. The van der Waals surface area contributed by atoms with Gasteiger partial charge in [0, 0.05) is 37.8 Å². The summed E-state index contributed by atoms with van der Waals surface area (Å²) in [5, 5.41) is 2.99. The van der Waals surface area contributed by atoms with Crippen molar-refractivity contribution in [2.75, 3.05) is 18.0 Å². The van der Waals surface area contributed by atoms with Crippen LogP contribution in [0.1, 0.15) is 58.1 Å². The molecule has 1 amide bonds. The molecule has 1 saturated heterocycles. The molecule has 2 aliphatic rings. The first-order chi connectivity index (χ1) is 13.2. The molecule has 152 valence electrons. The van der Waals surface area contributed by atoms with Gasteiger partial charge in [-0.05, 0) is 52.5 Å². The number of hydrogen-bond acceptors (Lipinski definition) is 5. The van der Waals surface area contributed by atoms with Crippen molar-refractivity contribution in [1.82, 2.24) is 19.9 Å². The number of fused-ring (bicyclic) bond motifs is 1. The van der Waals surface area contributed by atoms with Gasteiger partial charge in [0.1, 0.15) is 11.1 Å². The summed E-state index contributed by atoms with van der Waals surface area (Å²) in [5.74, 6) is 0.494. The third-order valence-corrected chi connectivity index (χ3v) is 5.33. The van der Waals surface area contributed by atoms with Crippen molar-refractivity contribution in [2.45, 2.75) is 64.0 Å². The lowest BCUT2D eigenvalue weighted by atomic mass is 10.0. The molecule has 1 atom stereocenters. The van der Waals surface area contributed by atoms with Gasteiger partial charge >= 0.3 is 11.8 Å². The fourth-order valence-corrected chi connectivity index (χ4v) is 3.81. The number of alkyl carbamates (subject to hydrolysis) is 1. The van der Waals surface area contributed by atoms with Crippen molar-refractivity contribution in [2.24, 2.45) is 7.05 Å². The van der Waals surface area contributed by atoms with Gasteiger partial charge in [-0.2, -0.15) is 0 Å². The zero-order chi connectivity index (χ0) is 20.1. The molecule has 2 fully saturated rings. The first kappa shape index (κ1) is 18.8. The lowest BCUT2D eigenvalue weighted by molar-refractivity contribution is 0.0500. The van der Waals surface area contributed by atoms with Crippen molar-refractivity contribution in [1.29, 1.82) is 0 Å². The van der Waals surface area contributed by atoms with Gasteiger partial charge in [-0.15, -0.1) is 0 Å². The van der Waals surface area contributed by atoms with Crippen LogP contribution in [-0.2, 0) is 11.8 Å². The highest BCUT2D eigenvalue weighted by molar-refractivity contribution is 5.87. The molecule has 8 heteroatoms. The van der Waals surface area contributed by atoms with E-state index in [1.165, 1.54) is 0 Å². The van der Waals surface area contributed by atoms with Crippen LogP contribution in [0.2, 0.25) is 0 Å². The fourth-order valence-electron chi connectivity index (χ4n) is 3.81. The van der Waals surface area contributed by atoms with Gasteiger partial charge in [0.2, 0.25) is 0 Å². The highest BCUT2D eigenvalue weighted by Crippen LogP contribution is 2.41. The van der Waals surface area contributed by atoms with E-state index in [0.29, 0.717) is 18.1 Å². The number of carbonyl (C=O) groups excluding carboxylic acids is 1. The number of H-pyrrole nitrogens is 1. The first-order valence-electron chi connectivity index (χ1n) is 10.1. The van der Waals surface area contributed by atoms with Crippen LogP contribution >= 0.6 is 0 Å². The summed E-state index contributed by atoms with van der Waals surface area (Å²) in [6, 6.07) is 2.12. The molecule has 0 spiro atoms. The van der Waals surface area contributed by atoms with Crippen LogP contribution < -0.4 is 15.9 Å². The minimum absolute atomic E-state index is 0.00613. The third kappa shape index (κ3) is 3.86. The van der Waals surface area contributed by atoms with Crippen LogP contribution in [0.25, 0.3) is 11.2 Å². The number of aromatic amines is 1. The first-order valence-corrected chi connectivity index (χ1v) is 10.1. The molecule has 8 nitrogen and oxygen atoms in total. The summed E-state index contributed by atoms with van der Waals surface area (Å²) in [5.41, 5.74) is 2.86. The topological polar surface area (TPSA) is 92.2 Å². The number of hydrogen-bond donors (Lipinski definition) is 2. The Hall–Kier alpha value is -2.51. The molecule has 0 radical (unpaired) electrons. The average Bonchev–Trinajstić information content (AvgIpc) is 3.40. The minimum Gasteiger partial charge on any atom is -0.444 e. The molecule has 2 aromatic rings. The number of aryl methyl sites for hydroxylation is 1. The largest absolute Gasteiger partial charge is 0.444 e. The van der Waals surface area contributed by atoms with Gasteiger partial charge in [0.05, 0.1) is 5.69 Å². The van der Waals surface area contributed by atoms with E-state index in [0.717, 1.165) is 49.1 Å². The van der Waals surface area contributed by atoms with E-state index in [2.05, 4.69) is 21.3 Å². The zero-order valence-electron chi connectivity index (χ0n) is 17.0. The fraction of sp³-hybridized carbons (Fsp3) is 0.650. The average molecular weight is 387 g/mol. The number of anilines is 1. The van der Waals surface area contributed by atoms with Crippen LogP contribution in [0.4, 0.5) is 10.5 Å². The number of rotatable bonds is 3. The van der Waals surface area contributed by atoms with E-state index in [1.54, 1.807) is 11.6 Å². The van der Waals surface area contributed by atoms with Gasteiger partial charge in [-0.25, -0.2) is 14.6 Å². The Morgan fingerprint density at radius 3 is 2.75 bits per heavy atom. The summed E-state index contributed by atoms with van der Waals surface area (Å²) in [6.07, 6.45) is 3.79. The van der Waals surface area contributed by atoms with Crippen LogP contribution in [0.5, 0.6) is 0 Å². The lowest BCUT2D eigenvalue weighted by Gasteiger charge is -2.35. The summed E-state index contributed by atoms with van der Waals surface area (Å²) in [4.78, 5) is 34.3. The van der Waals surface area contributed by atoms with Crippen molar-refractivity contribution in [3.05, 3.63) is 22.2 Å². The molecule has 0 bridgehead atoms. The highest BCUT2D eigenvalue weighted by Gasteiger charge is 2.30. The van der Waals surface area contributed by atoms with Crippen LogP contribution in [0.15, 0.2) is 10.9 Å². The number of imidazole rings is 1.